The van der Waals surface area contributed by atoms with Crippen LogP contribution in [-0.4, -0.2) is 33.2 Å². The average Bonchev–Trinajstić information content (AvgIpc) is 2.24. The third kappa shape index (κ3) is 8.70. The highest BCUT2D eigenvalue weighted by molar-refractivity contribution is 7.89. The first-order chi connectivity index (χ1) is 7.26. The molecule has 0 fully saturated rings. The Kier molecular flexibility index (Phi) is 9.32. The van der Waals surface area contributed by atoms with E-state index in [0.29, 0.717) is 12.8 Å². The van der Waals surface area contributed by atoms with Crippen molar-refractivity contribution in [1.82, 2.24) is 4.72 Å². The lowest BCUT2D eigenvalue weighted by atomic mass is 10.1. The van der Waals surface area contributed by atoms with E-state index in [1.165, 1.54) is 0 Å². The summed E-state index contributed by atoms with van der Waals surface area (Å²) < 4.78 is 50.2. The van der Waals surface area contributed by atoms with Gasteiger partial charge in [0, 0.05) is 0 Å². The minimum Gasteiger partial charge on any atom is -0.325 e. The second kappa shape index (κ2) is 8.18. The average molecular weight is 295 g/mol. The molecule has 0 saturated heterocycles. The molecular weight excluding hydrogens is 274 g/mol. The smallest absolute Gasteiger partial charge is 0.273 e. The van der Waals surface area contributed by atoms with Crippen molar-refractivity contribution in [3.05, 3.63) is 0 Å². The summed E-state index contributed by atoms with van der Waals surface area (Å²) in [5, 5.41) is 0. The second-order valence-electron chi connectivity index (χ2n) is 3.85. The van der Waals surface area contributed by atoms with Gasteiger partial charge < -0.3 is 5.73 Å². The fourth-order valence-electron chi connectivity index (χ4n) is 1.18. The first-order valence-corrected chi connectivity index (χ1v) is 6.96. The summed E-state index contributed by atoms with van der Waals surface area (Å²) in [6.07, 6.45) is 1.43. The van der Waals surface area contributed by atoms with Gasteiger partial charge in [0.05, 0.1) is 18.8 Å². The van der Waals surface area contributed by atoms with E-state index in [-0.39, 0.29) is 24.1 Å². The predicted octanol–water partition coefficient (Wildman–Crippen LogP) is 1.36. The van der Waals surface area contributed by atoms with Crippen LogP contribution >= 0.6 is 12.4 Å². The van der Waals surface area contributed by atoms with Gasteiger partial charge in [-0.3, -0.25) is 0 Å². The molecule has 0 aliphatic carbocycles. The highest BCUT2D eigenvalue weighted by atomic mass is 35.5. The normalized spacial score (nSPS) is 12.6. The molecule has 0 amide bonds. The predicted molar refractivity (Wildman–Crippen MR) is 67.1 cm³/mol. The van der Waals surface area contributed by atoms with E-state index in [2.05, 4.69) is 0 Å². The number of alkyl halides is 2. The Morgan fingerprint density at radius 1 is 1.29 bits per heavy atom. The molecule has 0 aromatic heterocycles. The summed E-state index contributed by atoms with van der Waals surface area (Å²) in [4.78, 5) is 0. The van der Waals surface area contributed by atoms with Crippen molar-refractivity contribution in [2.24, 2.45) is 11.7 Å². The molecule has 0 bridgehead atoms. The number of hydrogen-bond acceptors (Lipinski definition) is 3. The van der Waals surface area contributed by atoms with Gasteiger partial charge in [-0.1, -0.05) is 26.7 Å². The number of nitrogens with two attached hydrogens (primary N) is 1. The zero-order chi connectivity index (χ0) is 12.8. The molecule has 106 valence electrons. The maximum absolute atomic E-state index is 12.7. The third-order valence-electron chi connectivity index (χ3n) is 2.46. The lowest BCUT2D eigenvalue weighted by Gasteiger charge is -2.17. The molecule has 0 aromatic carbocycles. The van der Waals surface area contributed by atoms with Crippen LogP contribution in [0.25, 0.3) is 0 Å². The first-order valence-electron chi connectivity index (χ1n) is 5.31. The van der Waals surface area contributed by atoms with E-state index < -0.39 is 29.0 Å². The van der Waals surface area contributed by atoms with Gasteiger partial charge in [0.25, 0.3) is 5.92 Å². The SMILES string of the molecule is CCC(CC)CS(=O)(=O)NCC(F)(F)CN.Cl. The lowest BCUT2D eigenvalue weighted by molar-refractivity contribution is 0.0170. The Hall–Kier alpha value is 0.0200. The van der Waals surface area contributed by atoms with Crippen LogP contribution in [-0.2, 0) is 10.0 Å². The molecule has 17 heavy (non-hydrogen) atoms. The van der Waals surface area contributed by atoms with E-state index in [9.17, 15) is 17.2 Å². The van der Waals surface area contributed by atoms with Crippen molar-refractivity contribution < 1.29 is 17.2 Å². The quantitative estimate of drug-likeness (QED) is 0.710. The van der Waals surface area contributed by atoms with Crippen LogP contribution in [0.3, 0.4) is 0 Å². The van der Waals surface area contributed by atoms with E-state index >= 15 is 0 Å². The Morgan fingerprint density at radius 2 is 1.76 bits per heavy atom. The Morgan fingerprint density at radius 3 is 2.12 bits per heavy atom. The number of hydrogen-bond donors (Lipinski definition) is 2. The molecule has 0 atom stereocenters. The van der Waals surface area contributed by atoms with Gasteiger partial charge in [-0.05, 0) is 5.92 Å². The maximum atomic E-state index is 12.7. The summed E-state index contributed by atoms with van der Waals surface area (Å²) >= 11 is 0. The van der Waals surface area contributed by atoms with Gasteiger partial charge >= 0.3 is 0 Å². The molecular formula is C9H21ClF2N2O2S. The van der Waals surface area contributed by atoms with Crippen LogP contribution in [0.2, 0.25) is 0 Å². The van der Waals surface area contributed by atoms with Crippen LogP contribution in [0, 0.1) is 5.92 Å². The van der Waals surface area contributed by atoms with Crippen molar-refractivity contribution in [2.45, 2.75) is 32.6 Å². The summed E-state index contributed by atoms with van der Waals surface area (Å²) in [5.41, 5.74) is 4.80. The lowest BCUT2D eigenvalue weighted by Crippen LogP contribution is -2.42. The maximum Gasteiger partial charge on any atom is 0.273 e. The van der Waals surface area contributed by atoms with Crippen LogP contribution in [0.15, 0.2) is 0 Å². The second-order valence-corrected chi connectivity index (χ2v) is 5.70. The van der Waals surface area contributed by atoms with Crippen molar-refractivity contribution in [3.63, 3.8) is 0 Å². The topological polar surface area (TPSA) is 72.2 Å². The molecule has 0 rings (SSSR count). The Bertz CT molecular complexity index is 295. The molecule has 0 heterocycles. The first kappa shape index (κ1) is 19.4. The van der Waals surface area contributed by atoms with Gasteiger partial charge in [0.15, 0.2) is 0 Å². The molecule has 0 aliphatic heterocycles. The van der Waals surface area contributed by atoms with E-state index in [1.54, 1.807) is 0 Å². The fourth-order valence-corrected chi connectivity index (χ4v) is 2.82. The van der Waals surface area contributed by atoms with Crippen LogP contribution in [0.4, 0.5) is 8.78 Å². The molecule has 0 aromatic rings. The van der Waals surface area contributed by atoms with Gasteiger partial charge in [0.1, 0.15) is 0 Å². The summed E-state index contributed by atoms with van der Waals surface area (Å²) in [7, 11) is -3.63. The molecule has 0 aliphatic rings. The van der Waals surface area contributed by atoms with Crippen molar-refractivity contribution in [2.75, 3.05) is 18.8 Å². The van der Waals surface area contributed by atoms with Crippen molar-refractivity contribution >= 4 is 22.4 Å². The highest BCUT2D eigenvalue weighted by Crippen LogP contribution is 2.12. The van der Waals surface area contributed by atoms with Gasteiger partial charge in [-0.25, -0.2) is 21.9 Å². The number of sulfonamides is 1. The van der Waals surface area contributed by atoms with E-state index in [4.69, 9.17) is 5.73 Å². The third-order valence-corrected chi connectivity index (χ3v) is 3.95. The van der Waals surface area contributed by atoms with Crippen LogP contribution in [0.1, 0.15) is 26.7 Å². The summed E-state index contributed by atoms with van der Waals surface area (Å²) in [6.45, 7) is 1.96. The standard InChI is InChI=1S/C9H20F2N2O2S.ClH/c1-3-8(4-2)5-16(14,15)13-7-9(10,11)6-12;/h8,13H,3-7,12H2,1-2H3;1H. The molecule has 0 unspecified atom stereocenters. The number of halogens is 3. The summed E-state index contributed by atoms with van der Waals surface area (Å²) in [5.74, 6) is -3.29. The van der Waals surface area contributed by atoms with Gasteiger partial charge in [0.2, 0.25) is 10.0 Å². The zero-order valence-electron chi connectivity index (χ0n) is 10.1. The molecule has 0 radical (unpaired) electrons. The van der Waals surface area contributed by atoms with E-state index in [0.717, 1.165) is 0 Å². The highest BCUT2D eigenvalue weighted by Gasteiger charge is 2.29. The van der Waals surface area contributed by atoms with Crippen LogP contribution in [0.5, 0.6) is 0 Å². The Labute approximate surface area is 108 Å². The molecule has 0 saturated carbocycles. The fraction of sp³-hybridized carbons (Fsp3) is 1.00. The monoisotopic (exact) mass is 294 g/mol. The largest absolute Gasteiger partial charge is 0.325 e. The number of nitrogens with one attached hydrogen (secondary N) is 1. The van der Waals surface area contributed by atoms with Gasteiger partial charge in [-0.15, -0.1) is 12.4 Å². The van der Waals surface area contributed by atoms with Crippen molar-refractivity contribution in [3.8, 4) is 0 Å². The van der Waals surface area contributed by atoms with Gasteiger partial charge in [-0.2, -0.15) is 0 Å². The summed E-state index contributed by atoms with van der Waals surface area (Å²) in [6, 6.07) is 0. The van der Waals surface area contributed by atoms with E-state index in [1.807, 2.05) is 18.6 Å². The minimum absolute atomic E-state index is 0. The molecule has 3 N–H and O–H groups in total. The minimum atomic E-state index is -3.63. The Balaban J connectivity index is 0. The molecule has 8 heteroatoms. The number of rotatable bonds is 8. The molecule has 4 nitrogen and oxygen atoms in total. The van der Waals surface area contributed by atoms with Crippen molar-refractivity contribution in [1.29, 1.82) is 0 Å². The molecule has 0 spiro atoms. The zero-order valence-corrected chi connectivity index (χ0v) is 11.7. The van der Waals surface area contributed by atoms with Crippen LogP contribution < -0.4 is 10.5 Å².